The Labute approximate surface area is 107 Å². The van der Waals surface area contributed by atoms with E-state index in [1.165, 1.54) is 5.56 Å². The van der Waals surface area contributed by atoms with Gasteiger partial charge in [-0.05, 0) is 33.3 Å². The van der Waals surface area contributed by atoms with Gasteiger partial charge < -0.3 is 5.32 Å². The number of nitrogens with one attached hydrogen (secondary N) is 1. The summed E-state index contributed by atoms with van der Waals surface area (Å²) in [6.45, 7) is 8.65. The summed E-state index contributed by atoms with van der Waals surface area (Å²) >= 11 is 0. The Hall–Kier alpha value is -1.09. The Bertz CT molecular complexity index is 404. The highest BCUT2D eigenvalue weighted by Crippen LogP contribution is 2.13. The van der Waals surface area contributed by atoms with Crippen LogP contribution in [0.25, 0.3) is 0 Å². The summed E-state index contributed by atoms with van der Waals surface area (Å²) < 4.78 is 11.7. The van der Waals surface area contributed by atoms with Crippen LogP contribution in [-0.2, 0) is 17.3 Å². The van der Waals surface area contributed by atoms with Crippen LogP contribution in [0.4, 0.5) is 0 Å². The molecule has 0 aromatic heterocycles. The van der Waals surface area contributed by atoms with Gasteiger partial charge >= 0.3 is 0 Å². The molecule has 2 nitrogen and oxygen atoms in total. The van der Waals surface area contributed by atoms with Gasteiger partial charge in [-0.1, -0.05) is 30.3 Å². The first-order chi connectivity index (χ1) is 7.89. The van der Waals surface area contributed by atoms with Crippen LogP contribution in [0.1, 0.15) is 33.3 Å². The molecule has 0 aliphatic rings. The van der Waals surface area contributed by atoms with E-state index in [4.69, 9.17) is 0 Å². The SMILES string of the molecule is C/C(=C\S(=O)C(C)(C)C)NCc1ccccc1. The van der Waals surface area contributed by atoms with Crippen molar-refractivity contribution in [2.24, 2.45) is 0 Å². The summed E-state index contributed by atoms with van der Waals surface area (Å²) in [6.07, 6.45) is 0. The molecule has 1 aromatic rings. The summed E-state index contributed by atoms with van der Waals surface area (Å²) in [5.41, 5.74) is 2.18. The zero-order valence-corrected chi connectivity index (χ0v) is 11.8. The van der Waals surface area contributed by atoms with Crippen LogP contribution in [0.2, 0.25) is 0 Å². The molecular formula is C14H21NOS. The largest absolute Gasteiger partial charge is 0.384 e. The van der Waals surface area contributed by atoms with E-state index in [0.717, 1.165) is 12.2 Å². The van der Waals surface area contributed by atoms with Crippen molar-refractivity contribution in [3.8, 4) is 0 Å². The molecule has 17 heavy (non-hydrogen) atoms. The van der Waals surface area contributed by atoms with E-state index >= 15 is 0 Å². The van der Waals surface area contributed by atoms with Crippen molar-refractivity contribution in [2.75, 3.05) is 0 Å². The smallest absolute Gasteiger partial charge is 0.0527 e. The lowest BCUT2D eigenvalue weighted by Gasteiger charge is -2.15. The molecule has 0 amide bonds. The van der Waals surface area contributed by atoms with Crippen molar-refractivity contribution in [2.45, 2.75) is 39.0 Å². The lowest BCUT2D eigenvalue weighted by atomic mass is 10.2. The van der Waals surface area contributed by atoms with Crippen LogP contribution < -0.4 is 5.32 Å². The number of benzene rings is 1. The van der Waals surface area contributed by atoms with Crippen molar-refractivity contribution < 1.29 is 4.21 Å². The molecule has 0 bridgehead atoms. The van der Waals surface area contributed by atoms with Crippen molar-refractivity contribution in [1.82, 2.24) is 5.32 Å². The third-order valence-corrected chi connectivity index (χ3v) is 4.08. The number of hydrogen-bond donors (Lipinski definition) is 1. The monoisotopic (exact) mass is 251 g/mol. The summed E-state index contributed by atoms with van der Waals surface area (Å²) in [7, 11) is -0.950. The van der Waals surface area contributed by atoms with Crippen LogP contribution in [0.3, 0.4) is 0 Å². The van der Waals surface area contributed by atoms with E-state index in [9.17, 15) is 4.21 Å². The number of allylic oxidation sites excluding steroid dienone is 1. The Morgan fingerprint density at radius 3 is 2.41 bits per heavy atom. The number of hydrogen-bond acceptors (Lipinski definition) is 2. The van der Waals surface area contributed by atoms with Gasteiger partial charge in [0.1, 0.15) is 0 Å². The zero-order chi connectivity index (χ0) is 12.9. The van der Waals surface area contributed by atoms with Crippen LogP contribution in [-0.4, -0.2) is 8.96 Å². The minimum Gasteiger partial charge on any atom is -0.384 e. The Balaban J connectivity index is 2.53. The van der Waals surface area contributed by atoms with E-state index in [0.29, 0.717) is 0 Å². The first kappa shape index (κ1) is 14.0. The van der Waals surface area contributed by atoms with Crippen molar-refractivity contribution in [1.29, 1.82) is 0 Å². The molecule has 0 spiro atoms. The second-order valence-corrected chi connectivity index (χ2v) is 7.11. The maximum Gasteiger partial charge on any atom is 0.0527 e. The molecule has 1 aromatic carbocycles. The highest BCUT2D eigenvalue weighted by molar-refractivity contribution is 7.89. The summed E-state index contributed by atoms with van der Waals surface area (Å²) in [5.74, 6) is 0. The molecule has 0 radical (unpaired) electrons. The first-order valence-corrected chi connectivity index (χ1v) is 6.98. The van der Waals surface area contributed by atoms with Gasteiger partial charge in [0.2, 0.25) is 0 Å². The van der Waals surface area contributed by atoms with Gasteiger partial charge in [0.15, 0.2) is 0 Å². The molecule has 0 aliphatic heterocycles. The molecule has 1 rings (SSSR count). The maximum atomic E-state index is 11.9. The third kappa shape index (κ3) is 5.18. The fourth-order valence-electron chi connectivity index (χ4n) is 1.22. The number of rotatable bonds is 4. The van der Waals surface area contributed by atoms with Crippen molar-refractivity contribution >= 4 is 10.8 Å². The zero-order valence-electron chi connectivity index (χ0n) is 11.0. The van der Waals surface area contributed by atoms with Crippen LogP contribution in [0.5, 0.6) is 0 Å². The molecule has 1 N–H and O–H groups in total. The van der Waals surface area contributed by atoms with E-state index in [-0.39, 0.29) is 4.75 Å². The second kappa shape index (κ2) is 6.01. The lowest BCUT2D eigenvalue weighted by molar-refractivity contribution is 0.655. The molecule has 1 unspecified atom stereocenters. The van der Waals surface area contributed by atoms with Gasteiger partial charge in [-0.15, -0.1) is 0 Å². The molecular weight excluding hydrogens is 230 g/mol. The highest BCUT2D eigenvalue weighted by Gasteiger charge is 2.17. The summed E-state index contributed by atoms with van der Waals surface area (Å²) in [6, 6.07) is 10.2. The van der Waals surface area contributed by atoms with Gasteiger partial charge in [0, 0.05) is 22.4 Å². The van der Waals surface area contributed by atoms with Crippen molar-refractivity contribution in [3.05, 3.63) is 47.0 Å². The fourth-order valence-corrected chi connectivity index (χ4v) is 1.97. The third-order valence-electron chi connectivity index (χ3n) is 2.30. The van der Waals surface area contributed by atoms with Crippen LogP contribution >= 0.6 is 0 Å². The quantitative estimate of drug-likeness (QED) is 0.890. The molecule has 94 valence electrons. The van der Waals surface area contributed by atoms with Gasteiger partial charge in [-0.25, -0.2) is 0 Å². The second-order valence-electron chi connectivity index (χ2n) is 5.05. The van der Waals surface area contributed by atoms with Crippen LogP contribution in [0, 0.1) is 0 Å². The predicted molar refractivity (Wildman–Crippen MR) is 74.9 cm³/mol. The summed E-state index contributed by atoms with van der Waals surface area (Å²) in [5, 5.41) is 5.06. The molecule has 0 aliphatic carbocycles. The van der Waals surface area contributed by atoms with E-state index in [1.807, 2.05) is 45.9 Å². The normalized spacial score (nSPS) is 14.5. The standard InChI is InChI=1S/C14H21NOS/c1-12(11-17(16)14(2,3)4)15-10-13-8-6-5-7-9-13/h5-9,11,15H,10H2,1-4H3/b12-11+. The average Bonchev–Trinajstić information content (AvgIpc) is 2.26. The van der Waals surface area contributed by atoms with Crippen LogP contribution in [0.15, 0.2) is 41.4 Å². The minimum atomic E-state index is -0.950. The van der Waals surface area contributed by atoms with Gasteiger partial charge in [0.05, 0.1) is 10.8 Å². The molecule has 0 saturated heterocycles. The van der Waals surface area contributed by atoms with E-state index in [1.54, 1.807) is 5.41 Å². The molecule has 3 heteroatoms. The predicted octanol–water partition coefficient (Wildman–Crippen LogP) is 3.18. The Morgan fingerprint density at radius 2 is 1.88 bits per heavy atom. The molecule has 1 atom stereocenters. The van der Waals surface area contributed by atoms with Crippen molar-refractivity contribution in [3.63, 3.8) is 0 Å². The molecule has 0 heterocycles. The molecule has 0 saturated carbocycles. The van der Waals surface area contributed by atoms with Gasteiger partial charge in [-0.2, -0.15) is 0 Å². The Kier molecular flexibility index (Phi) is 4.94. The van der Waals surface area contributed by atoms with Gasteiger partial charge in [0.25, 0.3) is 0 Å². The molecule has 0 fully saturated rings. The van der Waals surface area contributed by atoms with E-state index in [2.05, 4.69) is 17.4 Å². The topological polar surface area (TPSA) is 29.1 Å². The average molecular weight is 251 g/mol. The minimum absolute atomic E-state index is 0.199. The Morgan fingerprint density at radius 1 is 1.29 bits per heavy atom. The van der Waals surface area contributed by atoms with E-state index < -0.39 is 10.8 Å². The fraction of sp³-hybridized carbons (Fsp3) is 0.429. The maximum absolute atomic E-state index is 11.9. The summed E-state index contributed by atoms with van der Waals surface area (Å²) in [4.78, 5) is 0. The van der Waals surface area contributed by atoms with Gasteiger partial charge in [-0.3, -0.25) is 4.21 Å². The lowest BCUT2D eigenvalue weighted by Crippen LogP contribution is -2.21. The highest BCUT2D eigenvalue weighted by atomic mass is 32.2. The first-order valence-electron chi connectivity index (χ1n) is 5.76.